The van der Waals surface area contributed by atoms with Crippen LogP contribution in [0.15, 0.2) is 24.5 Å². The summed E-state index contributed by atoms with van der Waals surface area (Å²) in [7, 11) is 1.43. The lowest BCUT2D eigenvalue weighted by molar-refractivity contribution is -0.145. The van der Waals surface area contributed by atoms with Gasteiger partial charge in [0.15, 0.2) is 0 Å². The molecule has 2 atom stereocenters. The van der Waals surface area contributed by atoms with E-state index in [-0.39, 0.29) is 17.8 Å². The summed E-state index contributed by atoms with van der Waals surface area (Å²) in [5.41, 5.74) is 1.10. The number of nitrogens with one attached hydrogen (secondary N) is 1. The van der Waals surface area contributed by atoms with Crippen LogP contribution in [0.2, 0.25) is 0 Å². The first-order valence-electron chi connectivity index (χ1n) is 5.01. The first-order valence-corrected chi connectivity index (χ1v) is 5.01. The highest BCUT2D eigenvalue weighted by molar-refractivity contribution is 5.74. The SMILES string of the molecule is COC(=O)[C@H]1CNC[C@H]1c1cccnc1. The van der Waals surface area contributed by atoms with E-state index in [1.54, 1.807) is 6.20 Å². The number of esters is 1. The zero-order chi connectivity index (χ0) is 10.7. The number of nitrogens with zero attached hydrogens (tertiary/aromatic N) is 1. The molecule has 1 aliphatic heterocycles. The molecule has 0 aliphatic carbocycles. The Labute approximate surface area is 88.7 Å². The number of carbonyl (C=O) groups excluding carboxylic acids is 1. The number of carbonyl (C=O) groups is 1. The number of pyridine rings is 1. The van der Waals surface area contributed by atoms with Crippen molar-refractivity contribution in [3.8, 4) is 0 Å². The lowest BCUT2D eigenvalue weighted by Gasteiger charge is -2.15. The molecule has 4 nitrogen and oxygen atoms in total. The fourth-order valence-corrected chi connectivity index (χ4v) is 2.02. The van der Waals surface area contributed by atoms with Gasteiger partial charge in [0.2, 0.25) is 0 Å². The molecule has 4 heteroatoms. The number of hydrogen-bond acceptors (Lipinski definition) is 4. The van der Waals surface area contributed by atoms with Gasteiger partial charge in [-0.25, -0.2) is 0 Å². The Hall–Kier alpha value is -1.42. The van der Waals surface area contributed by atoms with Crippen LogP contribution in [0.5, 0.6) is 0 Å². The summed E-state index contributed by atoms with van der Waals surface area (Å²) >= 11 is 0. The predicted octanol–water partition coefficient (Wildman–Crippen LogP) is 0.558. The van der Waals surface area contributed by atoms with E-state index < -0.39 is 0 Å². The molecule has 0 spiro atoms. The molecule has 0 radical (unpaired) electrons. The van der Waals surface area contributed by atoms with Gasteiger partial charge in [0.1, 0.15) is 0 Å². The topological polar surface area (TPSA) is 51.2 Å². The molecule has 1 aliphatic rings. The van der Waals surface area contributed by atoms with Crippen LogP contribution in [0.3, 0.4) is 0 Å². The standard InChI is InChI=1S/C11H14N2O2/c1-15-11(14)10-7-13-6-9(10)8-3-2-4-12-5-8/h2-5,9-10,13H,6-7H2,1H3/t9-,10-/m0/s1. The minimum Gasteiger partial charge on any atom is -0.469 e. The number of rotatable bonds is 2. The molecule has 0 amide bonds. The average Bonchev–Trinajstić information content (AvgIpc) is 2.78. The maximum Gasteiger partial charge on any atom is 0.310 e. The van der Waals surface area contributed by atoms with Crippen molar-refractivity contribution in [2.24, 2.45) is 5.92 Å². The summed E-state index contributed by atoms with van der Waals surface area (Å²) in [5.74, 6) is -0.0424. The van der Waals surface area contributed by atoms with Crippen molar-refractivity contribution in [1.29, 1.82) is 0 Å². The summed E-state index contributed by atoms with van der Waals surface area (Å²) in [4.78, 5) is 15.6. The summed E-state index contributed by atoms with van der Waals surface area (Å²) in [5, 5.41) is 3.21. The molecule has 80 valence electrons. The van der Waals surface area contributed by atoms with Crippen molar-refractivity contribution < 1.29 is 9.53 Å². The summed E-state index contributed by atoms with van der Waals surface area (Å²) < 4.78 is 4.79. The zero-order valence-electron chi connectivity index (χ0n) is 8.64. The van der Waals surface area contributed by atoms with Crippen LogP contribution in [0.1, 0.15) is 11.5 Å². The monoisotopic (exact) mass is 206 g/mol. The molecule has 2 rings (SSSR count). The van der Waals surface area contributed by atoms with Crippen LogP contribution in [0.25, 0.3) is 0 Å². The van der Waals surface area contributed by atoms with E-state index in [4.69, 9.17) is 4.74 Å². The largest absolute Gasteiger partial charge is 0.469 e. The van der Waals surface area contributed by atoms with Gasteiger partial charge in [-0.2, -0.15) is 0 Å². The van der Waals surface area contributed by atoms with Gasteiger partial charge in [-0.3, -0.25) is 9.78 Å². The number of hydrogen-bond donors (Lipinski definition) is 1. The Kier molecular flexibility index (Phi) is 2.97. The minimum absolute atomic E-state index is 0.0841. The van der Waals surface area contributed by atoms with Crippen LogP contribution in [0, 0.1) is 5.92 Å². The predicted molar refractivity (Wildman–Crippen MR) is 55.4 cm³/mol. The van der Waals surface area contributed by atoms with Crippen molar-refractivity contribution in [2.45, 2.75) is 5.92 Å². The number of aromatic nitrogens is 1. The highest BCUT2D eigenvalue weighted by atomic mass is 16.5. The molecule has 1 N–H and O–H groups in total. The summed E-state index contributed by atoms with van der Waals surface area (Å²) in [6.45, 7) is 1.50. The van der Waals surface area contributed by atoms with Crippen molar-refractivity contribution in [3.63, 3.8) is 0 Å². The third-order valence-corrected chi connectivity index (χ3v) is 2.83. The van der Waals surface area contributed by atoms with Crippen LogP contribution in [0.4, 0.5) is 0 Å². The van der Waals surface area contributed by atoms with Crippen molar-refractivity contribution in [2.75, 3.05) is 20.2 Å². The lowest BCUT2D eigenvalue weighted by atomic mass is 9.90. The highest BCUT2D eigenvalue weighted by Gasteiger charge is 2.34. The molecule has 0 aromatic carbocycles. The maximum absolute atomic E-state index is 11.5. The molecule has 0 saturated carbocycles. The molecule has 0 unspecified atom stereocenters. The minimum atomic E-state index is -0.145. The number of ether oxygens (including phenoxy) is 1. The molecular formula is C11H14N2O2. The quantitative estimate of drug-likeness (QED) is 0.718. The van der Waals surface area contributed by atoms with Crippen LogP contribution >= 0.6 is 0 Å². The van der Waals surface area contributed by atoms with E-state index in [1.165, 1.54) is 7.11 Å². The smallest absolute Gasteiger partial charge is 0.310 e. The second-order valence-corrected chi connectivity index (χ2v) is 3.68. The molecule has 1 aromatic rings. The van der Waals surface area contributed by atoms with Crippen molar-refractivity contribution in [1.82, 2.24) is 10.3 Å². The van der Waals surface area contributed by atoms with Gasteiger partial charge in [-0.1, -0.05) is 6.07 Å². The van der Waals surface area contributed by atoms with Gasteiger partial charge >= 0.3 is 5.97 Å². The van der Waals surface area contributed by atoms with E-state index in [9.17, 15) is 4.79 Å². The zero-order valence-corrected chi connectivity index (χ0v) is 8.64. The summed E-state index contributed by atoms with van der Waals surface area (Å²) in [6.07, 6.45) is 3.55. The number of methoxy groups -OCH3 is 1. The third kappa shape index (κ3) is 1.99. The van der Waals surface area contributed by atoms with Gasteiger partial charge in [0, 0.05) is 31.4 Å². The fraction of sp³-hybridized carbons (Fsp3) is 0.455. The van der Waals surface area contributed by atoms with Crippen molar-refractivity contribution >= 4 is 5.97 Å². The normalized spacial score (nSPS) is 25.1. The molecule has 0 bridgehead atoms. The van der Waals surface area contributed by atoms with Gasteiger partial charge in [0.25, 0.3) is 0 Å². The van der Waals surface area contributed by atoms with Crippen LogP contribution in [-0.2, 0) is 9.53 Å². The van der Waals surface area contributed by atoms with Crippen LogP contribution < -0.4 is 5.32 Å². The molecule has 1 fully saturated rings. The second-order valence-electron chi connectivity index (χ2n) is 3.68. The molecule has 1 aromatic heterocycles. The van der Waals surface area contributed by atoms with E-state index in [1.807, 2.05) is 18.3 Å². The van der Waals surface area contributed by atoms with Crippen molar-refractivity contribution in [3.05, 3.63) is 30.1 Å². The Bertz CT molecular complexity index is 340. The fourth-order valence-electron chi connectivity index (χ4n) is 2.02. The molecule has 1 saturated heterocycles. The maximum atomic E-state index is 11.5. The molecule has 15 heavy (non-hydrogen) atoms. The Morgan fingerprint density at radius 3 is 3.13 bits per heavy atom. The molecule has 2 heterocycles. The van der Waals surface area contributed by atoms with Gasteiger partial charge in [0.05, 0.1) is 13.0 Å². The lowest BCUT2D eigenvalue weighted by Crippen LogP contribution is -2.22. The Balaban J connectivity index is 2.18. The van der Waals surface area contributed by atoms with E-state index in [2.05, 4.69) is 10.3 Å². The van der Waals surface area contributed by atoms with E-state index in [0.717, 1.165) is 12.1 Å². The molecular weight excluding hydrogens is 192 g/mol. The van der Waals surface area contributed by atoms with Gasteiger partial charge in [-0.05, 0) is 11.6 Å². The van der Waals surface area contributed by atoms with Gasteiger partial charge < -0.3 is 10.1 Å². The Morgan fingerprint density at radius 1 is 1.60 bits per heavy atom. The van der Waals surface area contributed by atoms with E-state index in [0.29, 0.717) is 6.54 Å². The second kappa shape index (κ2) is 4.40. The van der Waals surface area contributed by atoms with Gasteiger partial charge in [-0.15, -0.1) is 0 Å². The first-order chi connectivity index (χ1) is 7.33. The van der Waals surface area contributed by atoms with E-state index >= 15 is 0 Å². The first kappa shape index (κ1) is 10.1. The highest BCUT2D eigenvalue weighted by Crippen LogP contribution is 2.28. The third-order valence-electron chi connectivity index (χ3n) is 2.83. The summed E-state index contributed by atoms with van der Waals surface area (Å²) in [6, 6.07) is 3.89. The van der Waals surface area contributed by atoms with Crippen LogP contribution in [-0.4, -0.2) is 31.2 Å². The average molecular weight is 206 g/mol. The Morgan fingerprint density at radius 2 is 2.47 bits per heavy atom.